The Kier molecular flexibility index (Phi) is 6.05. The average Bonchev–Trinajstić information content (AvgIpc) is 1.65. The van der Waals surface area contributed by atoms with Gasteiger partial charge in [-0.25, -0.2) is 0 Å². The molecule has 0 bridgehead atoms. The van der Waals surface area contributed by atoms with Crippen molar-refractivity contribution in [3.63, 3.8) is 0 Å². The fourth-order valence-corrected chi connectivity index (χ4v) is 1.79. The van der Waals surface area contributed by atoms with Crippen LogP contribution in [0.5, 0.6) is 0 Å². The molecule has 0 amide bonds. The predicted molar refractivity (Wildman–Crippen MR) is 23.3 cm³/mol. The van der Waals surface area contributed by atoms with E-state index in [0.717, 1.165) is 4.32 Å². The number of nitrogens with one attached hydrogen (secondary N) is 1. The summed E-state index contributed by atoms with van der Waals surface area (Å²) in [4.78, 5) is 0. The molecule has 5 heteroatoms. The third kappa shape index (κ3) is 3.79. The maximum absolute atomic E-state index is 4.71. The van der Waals surface area contributed by atoms with E-state index in [1.807, 2.05) is 18.5 Å². The molecule has 6 heavy (non-hydrogen) atoms. The number of hydrogen-bond donors (Lipinski definition) is 1. The minimum atomic E-state index is 0.851. The van der Waals surface area contributed by atoms with E-state index in [0.29, 0.717) is 0 Å². The quantitative estimate of drug-likeness (QED) is 0.514. The van der Waals surface area contributed by atoms with E-state index in [4.69, 9.17) is 12.2 Å². The first-order chi connectivity index (χ1) is 2.81. The average molecular weight is 283 g/mol. The van der Waals surface area contributed by atoms with Crippen molar-refractivity contribution in [3.8, 4) is 0 Å². The first-order valence-corrected chi connectivity index (χ1v) is 5.64. The van der Waals surface area contributed by atoms with Gasteiger partial charge >= 0.3 is 68.5 Å². The molecule has 0 aromatic carbocycles. The summed E-state index contributed by atoms with van der Waals surface area (Å²) in [6.45, 7) is 0. The molecule has 0 aliphatic carbocycles. The van der Waals surface area contributed by atoms with Gasteiger partial charge < -0.3 is 0 Å². The van der Waals surface area contributed by atoms with Crippen LogP contribution in [0.1, 0.15) is 0 Å². The number of thiocarbonyl (C=S) groups is 1. The molecule has 0 rings (SSSR count). The fraction of sp³-hybridized carbons (Fsp3) is 0. The topological polar surface area (TPSA) is 12.0 Å². The Bertz CT molecular complexity index is 49.5. The van der Waals surface area contributed by atoms with Crippen molar-refractivity contribution in [1.82, 2.24) is 3.88 Å². The second-order valence-electron chi connectivity index (χ2n) is 0.473. The Hall–Kier alpha value is 1.62. The Morgan fingerprint density at radius 2 is 2.33 bits per heavy atom. The summed E-state index contributed by atoms with van der Waals surface area (Å²) in [5, 5.41) is 0. The Labute approximate surface area is 67.8 Å². The normalized spacial score (nSPS) is 7.33. The van der Waals surface area contributed by atoms with E-state index in [-0.39, 0.29) is 0 Å². The number of hydrogen-bond acceptors (Lipinski definition) is 2. The van der Waals surface area contributed by atoms with E-state index in [2.05, 4.69) is 3.88 Å². The minimum absolute atomic E-state index is 0.851. The molecule has 0 aromatic rings. The van der Waals surface area contributed by atoms with Gasteiger partial charge in [0, 0.05) is 0 Å². The number of rotatable bonds is 0. The van der Waals surface area contributed by atoms with E-state index in [9.17, 15) is 0 Å². The molecule has 0 heterocycles. The van der Waals surface area contributed by atoms with Gasteiger partial charge in [-0.05, 0) is 0 Å². The molecule has 0 saturated heterocycles. The monoisotopic (exact) mass is 287 g/mol. The molecule has 0 radical (unpaired) electrons. The van der Waals surface area contributed by atoms with Crippen LogP contribution in [0.15, 0.2) is 0 Å². The van der Waals surface area contributed by atoms with Gasteiger partial charge in [0.2, 0.25) is 0 Å². The van der Waals surface area contributed by atoms with E-state index in [1.165, 1.54) is 0 Å². The fourth-order valence-electron chi connectivity index (χ4n) is 0.0170. The third-order valence-corrected chi connectivity index (χ3v) is 4.03. The molecular formula is CHMo2NS2. The Balaban J connectivity index is 2.99. The maximum atomic E-state index is 4.71. The SMILES string of the molecule is S=C([NH][Mo])[S][Mo]. The Morgan fingerprint density at radius 1 is 1.83 bits per heavy atom. The van der Waals surface area contributed by atoms with Crippen LogP contribution in [0, 0.1) is 0 Å². The molecule has 1 N–H and O–H groups in total. The molecule has 0 aliphatic heterocycles. The van der Waals surface area contributed by atoms with Gasteiger partial charge in [0.05, 0.1) is 0 Å². The van der Waals surface area contributed by atoms with Crippen molar-refractivity contribution in [2.75, 3.05) is 0 Å². The predicted octanol–water partition coefficient (Wildman–Crippen LogP) is 0.518. The molecule has 0 aromatic heterocycles. The molecule has 1 nitrogen and oxygen atoms in total. The van der Waals surface area contributed by atoms with Crippen LogP contribution >= 0.6 is 21.7 Å². The van der Waals surface area contributed by atoms with Gasteiger partial charge in [0.1, 0.15) is 0 Å². The molecule has 0 aliphatic rings. The van der Waals surface area contributed by atoms with E-state index < -0.39 is 0 Å². The summed E-state index contributed by atoms with van der Waals surface area (Å²) in [5.41, 5.74) is 0. The zero-order valence-corrected chi connectivity index (χ0v) is 8.28. The summed E-state index contributed by atoms with van der Waals surface area (Å²) >= 11 is 8.36. The van der Waals surface area contributed by atoms with Crippen LogP contribution in [0.2, 0.25) is 0 Å². The van der Waals surface area contributed by atoms with Crippen LogP contribution in [-0.2, 0) is 38.6 Å². The summed E-state index contributed by atoms with van der Waals surface area (Å²) in [6, 6.07) is 0. The summed E-state index contributed by atoms with van der Waals surface area (Å²) < 4.78 is 3.67. The molecule has 0 saturated carbocycles. The van der Waals surface area contributed by atoms with E-state index >= 15 is 0 Å². The zero-order chi connectivity index (χ0) is 4.99. The van der Waals surface area contributed by atoms with Gasteiger partial charge in [-0.2, -0.15) is 0 Å². The van der Waals surface area contributed by atoms with Crippen molar-refractivity contribution in [1.29, 1.82) is 0 Å². The van der Waals surface area contributed by atoms with Crippen molar-refractivity contribution in [2.24, 2.45) is 0 Å². The molecule has 0 fully saturated rings. The van der Waals surface area contributed by atoms with Crippen LogP contribution in [0.25, 0.3) is 0 Å². The van der Waals surface area contributed by atoms with Crippen LogP contribution < -0.4 is 3.88 Å². The Morgan fingerprint density at radius 3 is 2.33 bits per heavy atom. The van der Waals surface area contributed by atoms with E-state index in [1.54, 1.807) is 29.5 Å². The molecule has 34 valence electrons. The van der Waals surface area contributed by atoms with Crippen molar-refractivity contribution < 1.29 is 38.6 Å². The van der Waals surface area contributed by atoms with Crippen molar-refractivity contribution >= 4 is 26.0 Å². The van der Waals surface area contributed by atoms with Gasteiger partial charge in [-0.1, -0.05) is 0 Å². The summed E-state index contributed by atoms with van der Waals surface area (Å²) in [5.74, 6) is 0. The van der Waals surface area contributed by atoms with Crippen molar-refractivity contribution in [2.45, 2.75) is 0 Å². The molecule has 0 unspecified atom stereocenters. The summed E-state index contributed by atoms with van der Waals surface area (Å²) in [6.07, 6.45) is 0. The first-order valence-electron chi connectivity index (χ1n) is 1.03. The summed E-state index contributed by atoms with van der Waals surface area (Å²) in [7, 11) is 1.56. The van der Waals surface area contributed by atoms with Crippen LogP contribution in [0.4, 0.5) is 0 Å². The molecule has 0 spiro atoms. The van der Waals surface area contributed by atoms with Crippen LogP contribution in [-0.4, -0.2) is 4.32 Å². The zero-order valence-electron chi connectivity index (χ0n) is 2.63. The first kappa shape index (κ1) is 7.62. The molecule has 0 atom stereocenters. The molecular weight excluding hydrogens is 282 g/mol. The second kappa shape index (κ2) is 4.77. The third-order valence-electron chi connectivity index (χ3n) is 0.159. The standard InChI is InChI=1S/CH3NS2.2Mo/c2-1(3)4;;/h(H3,2,3,4);;/q;2*+1/p-2. The van der Waals surface area contributed by atoms with Gasteiger partial charge in [-0.15, -0.1) is 0 Å². The van der Waals surface area contributed by atoms with Crippen molar-refractivity contribution in [3.05, 3.63) is 0 Å². The van der Waals surface area contributed by atoms with Gasteiger partial charge in [0.25, 0.3) is 0 Å². The van der Waals surface area contributed by atoms with Gasteiger partial charge in [0.15, 0.2) is 0 Å². The second-order valence-corrected chi connectivity index (χ2v) is 3.45. The van der Waals surface area contributed by atoms with Gasteiger partial charge in [-0.3, -0.25) is 0 Å². The van der Waals surface area contributed by atoms with Crippen LogP contribution in [0.3, 0.4) is 0 Å².